The van der Waals surface area contributed by atoms with Crippen LogP contribution in [0.4, 0.5) is 0 Å². The Bertz CT molecular complexity index is 960. The molecule has 24 heavy (non-hydrogen) atoms. The molecule has 2 heterocycles. The molecule has 0 spiro atoms. The van der Waals surface area contributed by atoms with Gasteiger partial charge in [-0.15, -0.1) is 0 Å². The monoisotopic (exact) mass is 322 g/mol. The topological polar surface area (TPSA) is 60.7 Å². The second-order valence-electron chi connectivity index (χ2n) is 5.71. The second-order valence-corrected chi connectivity index (χ2v) is 5.71. The number of hydrogen-bond acceptors (Lipinski definition) is 4. The molecular weight excluding hydrogens is 304 g/mol. The van der Waals surface area contributed by atoms with E-state index in [4.69, 9.17) is 4.74 Å². The minimum Gasteiger partial charge on any atom is -0.459 e. The highest BCUT2D eigenvalue weighted by Gasteiger charge is 2.09. The number of carbonyl (C=O) groups excluding carboxylic acids is 1. The molecule has 122 valence electrons. The number of carbonyl (C=O) groups is 1. The van der Waals surface area contributed by atoms with Crippen LogP contribution in [0.15, 0.2) is 53.3 Å². The third-order valence-electron chi connectivity index (χ3n) is 3.91. The van der Waals surface area contributed by atoms with E-state index in [1.165, 1.54) is 10.5 Å². The summed E-state index contributed by atoms with van der Waals surface area (Å²) in [4.78, 5) is 28.6. The molecule has 0 saturated carbocycles. The molecule has 0 aliphatic heterocycles. The first-order valence-electron chi connectivity index (χ1n) is 7.73. The highest BCUT2D eigenvalue weighted by atomic mass is 16.5. The molecule has 0 fully saturated rings. The number of fused-ring (bicyclic) bond motifs is 1. The molecule has 1 aromatic carbocycles. The summed E-state index contributed by atoms with van der Waals surface area (Å²) in [5.41, 5.74) is 3.61. The lowest BCUT2D eigenvalue weighted by atomic mass is 10.1. The van der Waals surface area contributed by atoms with E-state index >= 15 is 0 Å². The fourth-order valence-corrected chi connectivity index (χ4v) is 2.61. The van der Waals surface area contributed by atoms with Crippen LogP contribution in [-0.4, -0.2) is 15.4 Å². The molecule has 0 bridgehead atoms. The quantitative estimate of drug-likeness (QED) is 0.693. The third kappa shape index (κ3) is 3.35. The number of aryl methyl sites for hydroxylation is 2. The largest absolute Gasteiger partial charge is 0.459 e. The van der Waals surface area contributed by atoms with Crippen LogP contribution in [-0.2, 0) is 22.6 Å². The molecule has 0 unspecified atom stereocenters. The summed E-state index contributed by atoms with van der Waals surface area (Å²) in [6.07, 6.45) is 0.207. The predicted octanol–water partition coefficient (Wildman–Crippen LogP) is 2.60. The van der Waals surface area contributed by atoms with Crippen LogP contribution in [0.25, 0.3) is 5.65 Å². The molecule has 0 amide bonds. The van der Waals surface area contributed by atoms with Crippen LogP contribution in [0.2, 0.25) is 0 Å². The Morgan fingerprint density at radius 2 is 1.92 bits per heavy atom. The summed E-state index contributed by atoms with van der Waals surface area (Å²) in [5, 5.41) is 0. The molecule has 5 nitrogen and oxygen atoms in total. The van der Waals surface area contributed by atoms with Gasteiger partial charge in [-0.1, -0.05) is 30.3 Å². The van der Waals surface area contributed by atoms with E-state index in [0.717, 1.165) is 16.8 Å². The average Bonchev–Trinajstić information content (AvgIpc) is 2.55. The van der Waals surface area contributed by atoms with Crippen molar-refractivity contribution in [3.8, 4) is 0 Å². The van der Waals surface area contributed by atoms with Gasteiger partial charge < -0.3 is 4.74 Å². The van der Waals surface area contributed by atoms with Crippen molar-refractivity contribution in [1.29, 1.82) is 0 Å². The number of pyridine rings is 1. The standard InChI is InChI=1S/C19H18N2O3/c1-13-6-3-4-8-15(13)10-19(23)24-12-16-11-18(22)21-14(2)7-5-9-17(21)20-16/h3-9,11H,10,12H2,1-2H3. The first-order valence-corrected chi connectivity index (χ1v) is 7.73. The highest BCUT2D eigenvalue weighted by molar-refractivity contribution is 5.73. The molecule has 0 saturated heterocycles. The maximum absolute atomic E-state index is 12.2. The second kappa shape index (κ2) is 6.66. The summed E-state index contributed by atoms with van der Waals surface area (Å²) < 4.78 is 6.80. The van der Waals surface area contributed by atoms with E-state index in [2.05, 4.69) is 4.98 Å². The molecule has 0 aliphatic carbocycles. The number of aromatic nitrogens is 2. The van der Waals surface area contributed by atoms with Crippen molar-refractivity contribution in [2.45, 2.75) is 26.9 Å². The van der Waals surface area contributed by atoms with Crippen molar-refractivity contribution in [2.24, 2.45) is 0 Å². The van der Waals surface area contributed by atoms with E-state index in [1.807, 2.05) is 50.2 Å². The molecule has 0 N–H and O–H groups in total. The predicted molar refractivity (Wildman–Crippen MR) is 90.9 cm³/mol. The Labute approximate surface area is 139 Å². The van der Waals surface area contributed by atoms with Crippen molar-refractivity contribution >= 4 is 11.6 Å². The lowest BCUT2D eigenvalue weighted by molar-refractivity contribution is -0.144. The normalized spacial score (nSPS) is 10.8. The summed E-state index contributed by atoms with van der Waals surface area (Å²) >= 11 is 0. The Morgan fingerprint density at radius 3 is 2.71 bits per heavy atom. The van der Waals surface area contributed by atoms with Gasteiger partial charge in [0.15, 0.2) is 0 Å². The van der Waals surface area contributed by atoms with Gasteiger partial charge in [-0.05, 0) is 37.1 Å². The molecule has 3 aromatic rings. The van der Waals surface area contributed by atoms with Crippen LogP contribution in [0.1, 0.15) is 22.5 Å². The van der Waals surface area contributed by atoms with Crippen LogP contribution in [0.5, 0.6) is 0 Å². The number of benzene rings is 1. The zero-order chi connectivity index (χ0) is 17.1. The number of ether oxygens (including phenoxy) is 1. The summed E-state index contributed by atoms with van der Waals surface area (Å²) in [6, 6.07) is 14.5. The first kappa shape index (κ1) is 15.9. The lowest BCUT2D eigenvalue weighted by Crippen LogP contribution is -2.18. The van der Waals surface area contributed by atoms with Crippen molar-refractivity contribution in [3.05, 3.63) is 81.4 Å². The van der Waals surface area contributed by atoms with E-state index in [-0.39, 0.29) is 24.6 Å². The van der Waals surface area contributed by atoms with Crippen molar-refractivity contribution < 1.29 is 9.53 Å². The van der Waals surface area contributed by atoms with Gasteiger partial charge >= 0.3 is 5.97 Å². The molecule has 5 heteroatoms. The molecule has 0 atom stereocenters. The third-order valence-corrected chi connectivity index (χ3v) is 3.91. The summed E-state index contributed by atoms with van der Waals surface area (Å²) in [6.45, 7) is 3.79. The Morgan fingerprint density at radius 1 is 1.12 bits per heavy atom. The lowest BCUT2D eigenvalue weighted by Gasteiger charge is -2.08. The minimum absolute atomic E-state index is 0.00953. The summed E-state index contributed by atoms with van der Waals surface area (Å²) in [5.74, 6) is -0.337. The Hall–Kier alpha value is -2.95. The maximum Gasteiger partial charge on any atom is 0.310 e. The zero-order valence-corrected chi connectivity index (χ0v) is 13.7. The Kier molecular flexibility index (Phi) is 4.42. The van der Waals surface area contributed by atoms with E-state index in [1.54, 1.807) is 6.07 Å². The molecular formula is C19H18N2O3. The van der Waals surface area contributed by atoms with Crippen LogP contribution < -0.4 is 5.56 Å². The number of rotatable bonds is 4. The van der Waals surface area contributed by atoms with Crippen LogP contribution in [0.3, 0.4) is 0 Å². The molecule has 0 aliphatic rings. The summed E-state index contributed by atoms with van der Waals surface area (Å²) in [7, 11) is 0. The van der Waals surface area contributed by atoms with Crippen molar-refractivity contribution in [2.75, 3.05) is 0 Å². The van der Waals surface area contributed by atoms with Gasteiger partial charge in [0.25, 0.3) is 5.56 Å². The van der Waals surface area contributed by atoms with Crippen LogP contribution >= 0.6 is 0 Å². The van der Waals surface area contributed by atoms with Gasteiger partial charge in [0.1, 0.15) is 12.3 Å². The zero-order valence-electron chi connectivity index (χ0n) is 13.7. The number of esters is 1. The van der Waals surface area contributed by atoms with E-state index in [0.29, 0.717) is 11.3 Å². The fourth-order valence-electron chi connectivity index (χ4n) is 2.61. The maximum atomic E-state index is 12.2. The van der Waals surface area contributed by atoms with Gasteiger partial charge in [0.05, 0.1) is 12.1 Å². The number of nitrogens with zero attached hydrogens (tertiary/aromatic N) is 2. The van der Waals surface area contributed by atoms with E-state index < -0.39 is 0 Å². The van der Waals surface area contributed by atoms with Crippen molar-refractivity contribution in [1.82, 2.24) is 9.38 Å². The minimum atomic E-state index is -0.337. The van der Waals surface area contributed by atoms with Crippen molar-refractivity contribution in [3.63, 3.8) is 0 Å². The molecule has 0 radical (unpaired) electrons. The van der Waals surface area contributed by atoms with Gasteiger partial charge in [-0.25, -0.2) is 4.98 Å². The highest BCUT2D eigenvalue weighted by Crippen LogP contribution is 2.09. The van der Waals surface area contributed by atoms with Gasteiger partial charge in [-0.3, -0.25) is 14.0 Å². The molecule has 2 aromatic heterocycles. The molecule has 3 rings (SSSR count). The van der Waals surface area contributed by atoms with Gasteiger partial charge in [0, 0.05) is 11.8 Å². The van der Waals surface area contributed by atoms with E-state index in [9.17, 15) is 9.59 Å². The SMILES string of the molecule is Cc1ccccc1CC(=O)OCc1cc(=O)n2c(C)cccc2n1. The van der Waals surface area contributed by atoms with Gasteiger partial charge in [-0.2, -0.15) is 0 Å². The average molecular weight is 322 g/mol. The van der Waals surface area contributed by atoms with Crippen LogP contribution in [0, 0.1) is 13.8 Å². The smallest absolute Gasteiger partial charge is 0.310 e. The fraction of sp³-hybridized carbons (Fsp3) is 0.211. The number of hydrogen-bond donors (Lipinski definition) is 0. The Balaban J connectivity index is 1.73. The van der Waals surface area contributed by atoms with Gasteiger partial charge in [0.2, 0.25) is 0 Å². The first-order chi connectivity index (χ1) is 11.5.